The first-order chi connectivity index (χ1) is 20.8. The number of urea groups is 1. The van der Waals surface area contributed by atoms with Crippen molar-refractivity contribution in [3.63, 3.8) is 0 Å². The van der Waals surface area contributed by atoms with Crippen molar-refractivity contribution in [1.29, 1.82) is 0 Å². The summed E-state index contributed by atoms with van der Waals surface area (Å²) >= 11 is 0. The second-order valence-corrected chi connectivity index (χ2v) is 9.37. The third-order valence-electron chi connectivity index (χ3n) is 6.82. The summed E-state index contributed by atoms with van der Waals surface area (Å²) in [5.41, 5.74) is 2.18. The van der Waals surface area contributed by atoms with E-state index in [1.54, 1.807) is 101 Å². The van der Waals surface area contributed by atoms with Crippen LogP contribution in [0.5, 0.6) is 28.7 Å². The fourth-order valence-corrected chi connectivity index (χ4v) is 4.57. The van der Waals surface area contributed by atoms with Crippen LogP contribution in [0.25, 0.3) is 0 Å². The largest absolute Gasteiger partial charge is 0.497 e. The van der Waals surface area contributed by atoms with Crippen molar-refractivity contribution in [2.24, 2.45) is 0 Å². The Morgan fingerprint density at radius 3 is 1.70 bits per heavy atom. The van der Waals surface area contributed by atoms with Crippen LogP contribution in [0.1, 0.15) is 11.1 Å². The van der Waals surface area contributed by atoms with E-state index in [2.05, 4.69) is 4.98 Å². The van der Waals surface area contributed by atoms with E-state index < -0.39 is 6.03 Å². The molecule has 1 heterocycles. The summed E-state index contributed by atoms with van der Waals surface area (Å²) in [5.74, 6) is 3.11. The van der Waals surface area contributed by atoms with E-state index in [0.29, 0.717) is 39.2 Å². The molecule has 1 aromatic heterocycles. The zero-order chi connectivity index (χ0) is 30.9. The Morgan fingerprint density at radius 2 is 1.23 bits per heavy atom. The lowest BCUT2D eigenvalue weighted by Gasteiger charge is -2.31. The molecule has 224 valence electrons. The number of ether oxygens (including phenoxy) is 5. The third-order valence-corrected chi connectivity index (χ3v) is 6.82. The summed E-state index contributed by atoms with van der Waals surface area (Å²) in [6.07, 6.45) is 1.54. The van der Waals surface area contributed by atoms with Crippen LogP contribution in [-0.2, 0) is 13.1 Å². The normalized spacial score (nSPS) is 10.5. The van der Waals surface area contributed by atoms with Gasteiger partial charge in [-0.05, 0) is 54.6 Å². The first-order valence-corrected chi connectivity index (χ1v) is 13.3. The van der Waals surface area contributed by atoms with Gasteiger partial charge in [-0.15, -0.1) is 0 Å². The SMILES string of the molecule is COc1ccc(N(C(=O)N(Cc2ccc(OC)cc2OC)Cc2ccc(OC)cc2OC)c2ncccc2[N+](C)=O)cc1. The number of nitrogens with zero attached hydrogens (tertiary/aromatic N) is 4. The molecule has 0 aliphatic heterocycles. The maximum absolute atomic E-state index is 14.8. The van der Waals surface area contributed by atoms with Gasteiger partial charge in [0, 0.05) is 45.2 Å². The number of rotatable bonds is 12. The Balaban J connectivity index is 1.88. The van der Waals surface area contributed by atoms with E-state index in [4.69, 9.17) is 23.7 Å². The standard InChI is InChI=1S/C32H35N4O7/c1-34(38)28-8-7-17-33-31(28)36(24-11-15-25(39-2)16-12-24)32(37)35(20-22-9-13-26(40-3)18-29(22)42-5)21-23-10-14-27(41-4)19-30(23)43-6/h7-19H,20-21H2,1-6H3/q+1. The molecule has 4 aromatic rings. The molecule has 0 bridgehead atoms. The van der Waals surface area contributed by atoms with Crippen molar-refractivity contribution in [3.8, 4) is 28.7 Å². The Morgan fingerprint density at radius 1 is 0.721 bits per heavy atom. The quantitative estimate of drug-likeness (QED) is 0.183. The Bertz CT molecular complexity index is 1520. The number of methoxy groups -OCH3 is 5. The average Bonchev–Trinajstić information content (AvgIpc) is 3.05. The van der Waals surface area contributed by atoms with Gasteiger partial charge in [-0.1, -0.05) is 0 Å². The molecule has 3 aromatic carbocycles. The van der Waals surface area contributed by atoms with E-state index in [1.807, 2.05) is 12.1 Å². The fourth-order valence-electron chi connectivity index (χ4n) is 4.57. The van der Waals surface area contributed by atoms with Crippen molar-refractivity contribution in [1.82, 2.24) is 9.88 Å². The number of pyridine rings is 1. The summed E-state index contributed by atoms with van der Waals surface area (Å²) in [6.45, 7) is 0.284. The van der Waals surface area contributed by atoms with Crippen molar-refractivity contribution in [2.45, 2.75) is 13.1 Å². The van der Waals surface area contributed by atoms with Gasteiger partial charge in [0.1, 0.15) is 28.7 Å². The number of aromatic nitrogens is 1. The van der Waals surface area contributed by atoms with Crippen molar-refractivity contribution >= 4 is 23.2 Å². The number of carbonyl (C=O) groups excluding carboxylic acids is 1. The van der Waals surface area contributed by atoms with Gasteiger partial charge in [-0.25, -0.2) is 14.7 Å². The Labute approximate surface area is 250 Å². The lowest BCUT2D eigenvalue weighted by atomic mass is 10.1. The summed E-state index contributed by atoms with van der Waals surface area (Å²) in [4.78, 5) is 34.9. The smallest absolute Gasteiger partial charge is 0.331 e. The van der Waals surface area contributed by atoms with E-state index in [-0.39, 0.29) is 24.6 Å². The number of nitroso groups, excluding NO2 is 1. The molecule has 0 N–H and O–H groups in total. The first-order valence-electron chi connectivity index (χ1n) is 13.3. The maximum Gasteiger partial charge on any atom is 0.331 e. The van der Waals surface area contributed by atoms with Crippen molar-refractivity contribution in [2.75, 3.05) is 47.5 Å². The Kier molecular flexibility index (Phi) is 10.00. The van der Waals surface area contributed by atoms with Gasteiger partial charge < -0.3 is 28.6 Å². The lowest BCUT2D eigenvalue weighted by molar-refractivity contribution is -0.427. The molecule has 0 saturated heterocycles. The third kappa shape index (κ3) is 6.95. The predicted molar refractivity (Wildman–Crippen MR) is 162 cm³/mol. The van der Waals surface area contributed by atoms with Gasteiger partial charge in [-0.3, -0.25) is 0 Å². The summed E-state index contributed by atoms with van der Waals surface area (Å²) in [7, 11) is 9.19. The highest BCUT2D eigenvalue weighted by Gasteiger charge is 2.32. The number of hydrogen-bond donors (Lipinski definition) is 0. The molecule has 43 heavy (non-hydrogen) atoms. The minimum Gasteiger partial charge on any atom is -0.497 e. The highest BCUT2D eigenvalue weighted by molar-refractivity contribution is 6.00. The van der Waals surface area contributed by atoms with E-state index in [0.717, 1.165) is 11.1 Å². The summed E-state index contributed by atoms with van der Waals surface area (Å²) < 4.78 is 28.1. The second kappa shape index (κ2) is 14.0. The number of carbonyl (C=O) groups is 1. The minimum absolute atomic E-state index is 0.142. The zero-order valence-corrected chi connectivity index (χ0v) is 25.1. The first kappa shape index (κ1) is 30.6. The second-order valence-electron chi connectivity index (χ2n) is 9.37. The molecule has 4 rings (SSSR count). The lowest BCUT2D eigenvalue weighted by Crippen LogP contribution is -2.41. The molecule has 0 spiro atoms. The highest BCUT2D eigenvalue weighted by Crippen LogP contribution is 2.35. The molecule has 11 nitrogen and oxygen atoms in total. The van der Waals surface area contributed by atoms with E-state index in [9.17, 15) is 9.70 Å². The zero-order valence-electron chi connectivity index (χ0n) is 25.1. The molecule has 11 heteroatoms. The number of amides is 2. The van der Waals surface area contributed by atoms with Crippen LogP contribution in [0, 0.1) is 4.91 Å². The van der Waals surface area contributed by atoms with Crippen LogP contribution in [0.4, 0.5) is 22.0 Å². The molecule has 0 saturated carbocycles. The molecule has 0 radical (unpaired) electrons. The van der Waals surface area contributed by atoms with Crippen molar-refractivity contribution < 1.29 is 33.2 Å². The number of hydrogen-bond acceptors (Lipinski definition) is 8. The molecular weight excluding hydrogens is 552 g/mol. The molecule has 0 aliphatic rings. The van der Waals surface area contributed by atoms with Crippen molar-refractivity contribution in [3.05, 3.63) is 95.0 Å². The van der Waals surface area contributed by atoms with Crippen LogP contribution in [-0.4, -0.2) is 63.3 Å². The molecule has 0 unspecified atom stereocenters. The van der Waals surface area contributed by atoms with Crippen LogP contribution in [0.15, 0.2) is 79.0 Å². The summed E-state index contributed by atoms with van der Waals surface area (Å²) in [6, 6.07) is 20.6. The van der Waals surface area contributed by atoms with Gasteiger partial charge in [0.25, 0.3) is 5.69 Å². The monoisotopic (exact) mass is 587 g/mol. The highest BCUT2D eigenvalue weighted by atomic mass is 16.5. The van der Waals surface area contributed by atoms with Gasteiger partial charge >= 0.3 is 6.03 Å². The van der Waals surface area contributed by atoms with E-state index in [1.165, 1.54) is 18.1 Å². The van der Waals surface area contributed by atoms with Gasteiger partial charge in [0.2, 0.25) is 5.82 Å². The summed E-state index contributed by atoms with van der Waals surface area (Å²) in [5, 5.41) is 0. The van der Waals surface area contributed by atoms with Crippen LogP contribution >= 0.6 is 0 Å². The van der Waals surface area contributed by atoms with Crippen LogP contribution < -0.4 is 28.6 Å². The molecule has 0 fully saturated rings. The molecule has 0 atom stereocenters. The minimum atomic E-state index is -0.442. The number of benzene rings is 3. The average molecular weight is 588 g/mol. The molecule has 2 amide bonds. The molecule has 0 aliphatic carbocycles. The maximum atomic E-state index is 14.8. The molecular formula is C32H35N4O7+. The topological polar surface area (TPSA) is 103 Å². The fraction of sp³-hybridized carbons (Fsp3) is 0.250. The predicted octanol–water partition coefficient (Wildman–Crippen LogP) is 6.13. The van der Waals surface area contributed by atoms with E-state index >= 15 is 0 Å². The van der Waals surface area contributed by atoms with Gasteiger partial charge in [0.15, 0.2) is 7.05 Å². The number of anilines is 2. The Hall–Kier alpha value is -5.32. The van der Waals surface area contributed by atoms with Crippen LogP contribution in [0.3, 0.4) is 0 Å². The van der Waals surface area contributed by atoms with Crippen LogP contribution in [0.2, 0.25) is 0 Å². The van der Waals surface area contributed by atoms with Gasteiger partial charge in [0.05, 0.1) is 54.3 Å². The van der Waals surface area contributed by atoms with Gasteiger partial charge in [-0.2, -0.15) is 0 Å².